The highest BCUT2D eigenvalue weighted by molar-refractivity contribution is 7.88. The normalized spacial score (nSPS) is 12.2. The van der Waals surface area contributed by atoms with Gasteiger partial charge < -0.3 is 13.9 Å². The molecule has 11 heteroatoms. The van der Waals surface area contributed by atoms with Crippen molar-refractivity contribution >= 4 is 27.0 Å². The fraction of sp³-hybridized carbons (Fsp3) is 0.286. The van der Waals surface area contributed by atoms with Crippen LogP contribution in [0.1, 0.15) is 11.1 Å². The fourth-order valence-electron chi connectivity index (χ4n) is 2.15. The van der Waals surface area contributed by atoms with Crippen LogP contribution in [-0.4, -0.2) is 32.0 Å². The van der Waals surface area contributed by atoms with E-state index in [1.165, 1.54) is 25.1 Å². The molecule has 2 rings (SSSR count). The highest BCUT2D eigenvalue weighted by atomic mass is 32.2. The number of esters is 1. The first-order valence-corrected chi connectivity index (χ1v) is 8.11. The lowest BCUT2D eigenvalue weighted by atomic mass is 10.0. The number of carbonyl (C=O) groups is 1. The molecule has 2 aromatic rings. The smallest absolute Gasteiger partial charge is 0.469 e. The van der Waals surface area contributed by atoms with Crippen molar-refractivity contribution in [2.75, 3.05) is 7.11 Å². The zero-order valence-corrected chi connectivity index (χ0v) is 13.7. The summed E-state index contributed by atoms with van der Waals surface area (Å²) in [6, 6.07) is 4.35. The minimum absolute atomic E-state index is 0.0611. The number of halogens is 3. The highest BCUT2D eigenvalue weighted by Gasteiger charge is 2.49. The predicted octanol–water partition coefficient (Wildman–Crippen LogP) is 1.78. The molecule has 0 aliphatic rings. The minimum atomic E-state index is -6.05. The molecule has 0 aliphatic heterocycles. The molecular formula is C14H12F3NO6S. The molecule has 25 heavy (non-hydrogen) atoms. The molecule has 0 spiro atoms. The topological polar surface area (TPSA) is 103 Å². The van der Waals surface area contributed by atoms with Gasteiger partial charge in [0.1, 0.15) is 0 Å². The molecular weight excluding hydrogens is 367 g/mol. The van der Waals surface area contributed by atoms with Gasteiger partial charge in [-0.25, -0.2) is 0 Å². The first-order chi connectivity index (χ1) is 11.5. The standard InChI is InChI=1S/C14H12F3NO6S/c1-7-4-3-5-9-11(7)12(24-25(21,22)14(15,16)17)8(13(20)18-9)6-10(19)23-2/h3-5H,6H2,1-2H3,(H,18,20). The molecule has 7 nitrogen and oxygen atoms in total. The van der Waals surface area contributed by atoms with Crippen LogP contribution >= 0.6 is 0 Å². The number of alkyl halides is 3. The summed E-state index contributed by atoms with van der Waals surface area (Å²) >= 11 is 0. The molecule has 0 bridgehead atoms. The van der Waals surface area contributed by atoms with Crippen LogP contribution in [0.5, 0.6) is 5.75 Å². The largest absolute Gasteiger partial charge is 0.534 e. The van der Waals surface area contributed by atoms with E-state index in [0.29, 0.717) is 5.56 Å². The molecule has 1 heterocycles. The van der Waals surface area contributed by atoms with E-state index >= 15 is 0 Å². The van der Waals surface area contributed by atoms with Gasteiger partial charge in [0.15, 0.2) is 5.75 Å². The van der Waals surface area contributed by atoms with Crippen LogP contribution in [-0.2, 0) is 26.1 Å². The summed E-state index contributed by atoms with van der Waals surface area (Å²) in [5.74, 6) is -1.80. The molecule has 1 N–H and O–H groups in total. The van der Waals surface area contributed by atoms with Gasteiger partial charge in [0.25, 0.3) is 5.56 Å². The number of methoxy groups -OCH3 is 1. The summed E-state index contributed by atoms with van der Waals surface area (Å²) in [4.78, 5) is 26.0. The minimum Gasteiger partial charge on any atom is -0.469 e. The number of benzene rings is 1. The Morgan fingerprint density at radius 3 is 2.48 bits per heavy atom. The monoisotopic (exact) mass is 379 g/mol. The van der Waals surface area contributed by atoms with Gasteiger partial charge in [-0.3, -0.25) is 9.59 Å². The van der Waals surface area contributed by atoms with Crippen molar-refractivity contribution in [2.24, 2.45) is 0 Å². The second-order valence-electron chi connectivity index (χ2n) is 5.00. The van der Waals surface area contributed by atoms with Crippen LogP contribution in [0.25, 0.3) is 10.9 Å². The summed E-state index contributed by atoms with van der Waals surface area (Å²) in [6.07, 6.45) is -0.765. The first kappa shape index (κ1) is 18.8. The van der Waals surface area contributed by atoms with Crippen molar-refractivity contribution in [1.29, 1.82) is 0 Å². The molecule has 0 atom stereocenters. The van der Waals surface area contributed by atoms with Gasteiger partial charge in [-0.2, -0.15) is 21.6 Å². The predicted molar refractivity (Wildman–Crippen MR) is 80.6 cm³/mol. The maximum atomic E-state index is 12.7. The SMILES string of the molecule is COC(=O)Cc1c(OS(=O)(=O)C(F)(F)F)c2c(C)cccc2[nH]c1=O. The van der Waals surface area contributed by atoms with Crippen molar-refractivity contribution < 1.29 is 35.3 Å². The summed E-state index contributed by atoms with van der Waals surface area (Å²) in [5, 5.41) is -0.0613. The summed E-state index contributed by atoms with van der Waals surface area (Å²) < 4.78 is 69.5. The lowest BCUT2D eigenvalue weighted by Crippen LogP contribution is -2.30. The van der Waals surface area contributed by atoms with Crippen LogP contribution in [0.15, 0.2) is 23.0 Å². The third-order valence-corrected chi connectivity index (χ3v) is 4.27. The number of ether oxygens (including phenoxy) is 1. The Morgan fingerprint density at radius 1 is 1.28 bits per heavy atom. The van der Waals surface area contributed by atoms with E-state index in [0.717, 1.165) is 7.11 Å². The average Bonchev–Trinajstić information content (AvgIpc) is 2.49. The number of aryl methyl sites for hydroxylation is 1. The van der Waals surface area contributed by atoms with Crippen LogP contribution < -0.4 is 9.74 Å². The Labute approximate surface area is 139 Å². The second-order valence-corrected chi connectivity index (χ2v) is 6.53. The number of nitrogens with one attached hydrogen (secondary N) is 1. The average molecular weight is 379 g/mol. The number of carbonyl (C=O) groups excluding carboxylic acids is 1. The summed E-state index contributed by atoms with van der Waals surface area (Å²) in [5.41, 5.74) is -6.84. The maximum Gasteiger partial charge on any atom is 0.534 e. The van der Waals surface area contributed by atoms with E-state index in [-0.39, 0.29) is 10.9 Å². The van der Waals surface area contributed by atoms with Gasteiger partial charge >= 0.3 is 21.6 Å². The molecule has 0 fully saturated rings. The number of hydrogen-bond acceptors (Lipinski definition) is 6. The summed E-state index contributed by atoms with van der Waals surface area (Å²) in [7, 11) is -5.04. The van der Waals surface area contributed by atoms with Crippen LogP contribution in [0.3, 0.4) is 0 Å². The Kier molecular flexibility index (Phi) is 4.80. The van der Waals surface area contributed by atoms with Crippen LogP contribution in [0, 0.1) is 6.92 Å². The zero-order valence-electron chi connectivity index (χ0n) is 12.9. The van der Waals surface area contributed by atoms with Gasteiger partial charge in [0.2, 0.25) is 0 Å². The molecule has 0 unspecified atom stereocenters. The number of hydrogen-bond donors (Lipinski definition) is 1. The number of H-pyrrole nitrogens is 1. The maximum absolute atomic E-state index is 12.7. The number of fused-ring (bicyclic) bond motifs is 1. The van der Waals surface area contributed by atoms with E-state index < -0.39 is 44.9 Å². The van der Waals surface area contributed by atoms with E-state index in [4.69, 9.17) is 0 Å². The van der Waals surface area contributed by atoms with Gasteiger partial charge in [-0.15, -0.1) is 0 Å². The van der Waals surface area contributed by atoms with Crippen molar-refractivity contribution in [1.82, 2.24) is 4.98 Å². The molecule has 0 radical (unpaired) electrons. The highest BCUT2D eigenvalue weighted by Crippen LogP contribution is 2.34. The number of pyridine rings is 1. The van der Waals surface area contributed by atoms with Gasteiger partial charge in [-0.1, -0.05) is 12.1 Å². The molecule has 136 valence electrons. The van der Waals surface area contributed by atoms with Gasteiger partial charge in [0.05, 0.1) is 24.6 Å². The Balaban J connectivity index is 2.83. The molecule has 1 aromatic heterocycles. The Hall–Kier alpha value is -2.56. The Morgan fingerprint density at radius 2 is 1.92 bits per heavy atom. The lowest BCUT2D eigenvalue weighted by molar-refractivity contribution is -0.139. The first-order valence-electron chi connectivity index (χ1n) is 6.70. The zero-order chi connectivity index (χ0) is 19.0. The molecule has 0 amide bonds. The fourth-order valence-corrected chi connectivity index (χ4v) is 2.65. The van der Waals surface area contributed by atoms with Gasteiger partial charge in [-0.05, 0) is 18.6 Å². The third kappa shape index (κ3) is 3.60. The van der Waals surface area contributed by atoms with Gasteiger partial charge in [0, 0.05) is 5.39 Å². The number of aromatic nitrogens is 1. The molecule has 1 aromatic carbocycles. The van der Waals surface area contributed by atoms with E-state index in [1.807, 2.05) is 0 Å². The quantitative estimate of drug-likeness (QED) is 0.494. The lowest BCUT2D eigenvalue weighted by Gasteiger charge is -2.15. The van der Waals surface area contributed by atoms with E-state index in [9.17, 15) is 31.2 Å². The molecule has 0 saturated carbocycles. The number of aromatic amines is 1. The van der Waals surface area contributed by atoms with Crippen molar-refractivity contribution in [2.45, 2.75) is 18.9 Å². The van der Waals surface area contributed by atoms with E-state index in [1.54, 1.807) is 0 Å². The number of rotatable bonds is 4. The van der Waals surface area contributed by atoms with Crippen molar-refractivity contribution in [3.8, 4) is 5.75 Å². The second kappa shape index (κ2) is 6.39. The van der Waals surface area contributed by atoms with E-state index in [2.05, 4.69) is 13.9 Å². The molecule has 0 aliphatic carbocycles. The van der Waals surface area contributed by atoms with Crippen molar-refractivity contribution in [3.63, 3.8) is 0 Å². The summed E-state index contributed by atoms with van der Waals surface area (Å²) in [6.45, 7) is 1.48. The van der Waals surface area contributed by atoms with Crippen molar-refractivity contribution in [3.05, 3.63) is 39.7 Å². The molecule has 0 saturated heterocycles. The third-order valence-electron chi connectivity index (χ3n) is 3.32. The van der Waals surface area contributed by atoms with Crippen LogP contribution in [0.2, 0.25) is 0 Å². The van der Waals surface area contributed by atoms with Crippen LogP contribution in [0.4, 0.5) is 13.2 Å². The Bertz CT molecular complexity index is 994.